The smallest absolute Gasteiger partial charge is 0.224 e. The molecule has 0 saturated carbocycles. The molecule has 0 amide bonds. The molecule has 6 heteroatoms. The Bertz CT molecular complexity index is 558. The van der Waals surface area contributed by atoms with E-state index in [4.69, 9.17) is 9.84 Å². The van der Waals surface area contributed by atoms with Gasteiger partial charge in [0.15, 0.2) is 0 Å². The first kappa shape index (κ1) is 12.9. The minimum atomic E-state index is -0.577. The summed E-state index contributed by atoms with van der Waals surface area (Å²) in [5, 5.41) is 9.06. The number of hydrogen-bond acceptors (Lipinski definition) is 3. The van der Waals surface area contributed by atoms with Crippen molar-refractivity contribution in [2.24, 2.45) is 0 Å². The van der Waals surface area contributed by atoms with Gasteiger partial charge in [-0.2, -0.15) is 0 Å². The highest BCUT2D eigenvalue weighted by Gasteiger charge is 2.09. The van der Waals surface area contributed by atoms with E-state index in [1.807, 2.05) is 0 Å². The zero-order chi connectivity index (χ0) is 13.1. The maximum atomic E-state index is 13.1. The van der Waals surface area contributed by atoms with Crippen molar-refractivity contribution >= 4 is 15.9 Å². The van der Waals surface area contributed by atoms with Gasteiger partial charge >= 0.3 is 0 Å². The lowest BCUT2D eigenvalue weighted by Gasteiger charge is -2.08. The number of aromatic nitrogens is 1. The summed E-state index contributed by atoms with van der Waals surface area (Å²) in [6.45, 7) is -0.420. The maximum absolute atomic E-state index is 13.1. The highest BCUT2D eigenvalue weighted by Crippen LogP contribution is 2.27. The average Bonchev–Trinajstić information content (AvgIpc) is 2.30. The van der Waals surface area contributed by atoms with Gasteiger partial charge in [0.25, 0.3) is 0 Å². The fourth-order valence-corrected chi connectivity index (χ4v) is 1.82. The second kappa shape index (κ2) is 5.41. The number of aliphatic hydroxyl groups is 1. The monoisotopic (exact) mass is 315 g/mol. The molecule has 0 aliphatic carbocycles. The molecule has 0 unspecified atom stereocenters. The van der Waals surface area contributed by atoms with Crippen LogP contribution >= 0.6 is 15.9 Å². The molecule has 0 saturated heterocycles. The van der Waals surface area contributed by atoms with Gasteiger partial charge in [0.2, 0.25) is 5.88 Å². The first-order chi connectivity index (χ1) is 8.58. The van der Waals surface area contributed by atoms with Gasteiger partial charge in [-0.3, -0.25) is 0 Å². The van der Waals surface area contributed by atoms with Crippen LogP contribution in [0.1, 0.15) is 5.56 Å². The Morgan fingerprint density at radius 3 is 2.61 bits per heavy atom. The minimum absolute atomic E-state index is 0.0383. The van der Waals surface area contributed by atoms with Crippen molar-refractivity contribution in [3.05, 3.63) is 52.1 Å². The fraction of sp³-hybridized carbons (Fsp3) is 0.0833. The van der Waals surface area contributed by atoms with Crippen LogP contribution in [0.25, 0.3) is 0 Å². The molecule has 1 heterocycles. The summed E-state index contributed by atoms with van der Waals surface area (Å²) in [7, 11) is 0. The van der Waals surface area contributed by atoms with Crippen molar-refractivity contribution < 1.29 is 18.6 Å². The summed E-state index contributed by atoms with van der Waals surface area (Å²) < 4.78 is 31.9. The fourth-order valence-electron chi connectivity index (χ4n) is 1.37. The second-order valence-electron chi connectivity index (χ2n) is 3.48. The Morgan fingerprint density at radius 2 is 1.94 bits per heavy atom. The van der Waals surface area contributed by atoms with Crippen molar-refractivity contribution in [1.82, 2.24) is 4.98 Å². The molecule has 0 radical (unpaired) electrons. The van der Waals surface area contributed by atoms with Crippen LogP contribution < -0.4 is 4.74 Å². The van der Waals surface area contributed by atoms with Crippen LogP contribution in [0, 0.1) is 11.6 Å². The Kier molecular flexibility index (Phi) is 3.88. The van der Waals surface area contributed by atoms with E-state index in [0.29, 0.717) is 4.47 Å². The van der Waals surface area contributed by atoms with E-state index in [1.165, 1.54) is 12.1 Å². The third kappa shape index (κ3) is 3.02. The van der Waals surface area contributed by atoms with E-state index in [0.717, 1.165) is 18.3 Å². The third-order valence-electron chi connectivity index (χ3n) is 2.11. The van der Waals surface area contributed by atoms with Crippen molar-refractivity contribution in [2.75, 3.05) is 0 Å². The van der Waals surface area contributed by atoms with Crippen LogP contribution in [-0.2, 0) is 6.61 Å². The number of pyridine rings is 1. The number of rotatable bonds is 3. The first-order valence-corrected chi connectivity index (χ1v) is 5.77. The first-order valence-electron chi connectivity index (χ1n) is 4.97. The molecular formula is C12H8BrF2NO2. The van der Waals surface area contributed by atoms with Crippen molar-refractivity contribution in [3.63, 3.8) is 0 Å². The van der Waals surface area contributed by atoms with Gasteiger partial charge in [-0.05, 0) is 18.2 Å². The van der Waals surface area contributed by atoms with Gasteiger partial charge in [-0.1, -0.05) is 15.9 Å². The molecule has 0 bridgehead atoms. The summed E-state index contributed by atoms with van der Waals surface area (Å²) in [6, 6.07) is 5.08. The molecule has 1 aromatic heterocycles. The molecule has 0 fully saturated rings. The van der Waals surface area contributed by atoms with E-state index in [2.05, 4.69) is 20.9 Å². The Balaban J connectivity index is 2.33. The lowest BCUT2D eigenvalue weighted by Crippen LogP contribution is -1.96. The Labute approximate surface area is 110 Å². The van der Waals surface area contributed by atoms with E-state index in [-0.39, 0.29) is 17.2 Å². The number of nitrogens with zero attached hydrogens (tertiary/aromatic N) is 1. The van der Waals surface area contributed by atoms with Gasteiger partial charge in [0, 0.05) is 16.1 Å². The molecule has 0 aliphatic heterocycles. The molecule has 1 N–H and O–H groups in total. The summed E-state index contributed by atoms with van der Waals surface area (Å²) in [6.07, 6.45) is 0.961. The van der Waals surface area contributed by atoms with E-state index < -0.39 is 18.2 Å². The maximum Gasteiger partial charge on any atom is 0.224 e. The normalized spacial score (nSPS) is 10.4. The quantitative estimate of drug-likeness (QED) is 0.943. The summed E-state index contributed by atoms with van der Waals surface area (Å²) in [5.74, 6) is -0.814. The van der Waals surface area contributed by atoms with Gasteiger partial charge in [0.1, 0.15) is 17.4 Å². The minimum Gasteiger partial charge on any atom is -0.439 e. The largest absolute Gasteiger partial charge is 0.439 e. The van der Waals surface area contributed by atoms with Crippen LogP contribution in [0.2, 0.25) is 0 Å². The highest BCUT2D eigenvalue weighted by atomic mass is 79.9. The average molecular weight is 316 g/mol. The molecule has 0 aliphatic rings. The lowest BCUT2D eigenvalue weighted by atomic mass is 10.3. The summed E-state index contributed by atoms with van der Waals surface area (Å²) in [4.78, 5) is 3.71. The topological polar surface area (TPSA) is 42.4 Å². The van der Waals surface area contributed by atoms with Crippen molar-refractivity contribution in [2.45, 2.75) is 6.61 Å². The molecule has 18 heavy (non-hydrogen) atoms. The molecule has 2 aromatic rings. The van der Waals surface area contributed by atoms with Crippen LogP contribution in [0.3, 0.4) is 0 Å². The Hall–Kier alpha value is -1.53. The number of hydrogen-bond donors (Lipinski definition) is 1. The molecule has 1 aromatic carbocycles. The van der Waals surface area contributed by atoms with Gasteiger partial charge < -0.3 is 9.84 Å². The molecule has 3 nitrogen and oxygen atoms in total. The zero-order valence-corrected chi connectivity index (χ0v) is 10.6. The SMILES string of the molecule is OCc1cc(F)cnc1Oc1cc(F)cc(Br)c1. The van der Waals surface area contributed by atoms with Gasteiger partial charge in [-0.15, -0.1) is 0 Å². The molecule has 2 rings (SSSR count). The number of aliphatic hydroxyl groups excluding tert-OH is 1. The van der Waals surface area contributed by atoms with Gasteiger partial charge in [0.05, 0.1) is 12.8 Å². The standard InChI is InChI=1S/C12H8BrF2NO2/c13-8-2-9(14)4-11(3-8)18-12-7(6-17)1-10(15)5-16-12/h1-5,17H,6H2. The molecule has 0 spiro atoms. The van der Waals surface area contributed by atoms with Crippen LogP contribution in [-0.4, -0.2) is 10.1 Å². The number of halogens is 3. The summed E-state index contributed by atoms with van der Waals surface area (Å²) >= 11 is 3.12. The zero-order valence-electron chi connectivity index (χ0n) is 9.03. The van der Waals surface area contributed by atoms with Crippen molar-refractivity contribution in [3.8, 4) is 11.6 Å². The van der Waals surface area contributed by atoms with Gasteiger partial charge in [-0.25, -0.2) is 13.8 Å². The number of benzene rings is 1. The predicted molar refractivity (Wildman–Crippen MR) is 64.3 cm³/mol. The van der Waals surface area contributed by atoms with E-state index in [1.54, 1.807) is 0 Å². The van der Waals surface area contributed by atoms with E-state index in [9.17, 15) is 8.78 Å². The van der Waals surface area contributed by atoms with Crippen LogP contribution in [0.4, 0.5) is 8.78 Å². The highest BCUT2D eigenvalue weighted by molar-refractivity contribution is 9.10. The Morgan fingerprint density at radius 1 is 1.17 bits per heavy atom. The molecular weight excluding hydrogens is 308 g/mol. The van der Waals surface area contributed by atoms with Crippen LogP contribution in [0.5, 0.6) is 11.6 Å². The van der Waals surface area contributed by atoms with Crippen molar-refractivity contribution in [1.29, 1.82) is 0 Å². The third-order valence-corrected chi connectivity index (χ3v) is 2.57. The number of ether oxygens (including phenoxy) is 1. The molecule has 94 valence electrons. The van der Waals surface area contributed by atoms with E-state index >= 15 is 0 Å². The summed E-state index contributed by atoms with van der Waals surface area (Å²) in [5.41, 5.74) is 0.190. The molecule has 0 atom stereocenters. The predicted octanol–water partition coefficient (Wildman–Crippen LogP) is 3.41. The lowest BCUT2D eigenvalue weighted by molar-refractivity contribution is 0.274. The second-order valence-corrected chi connectivity index (χ2v) is 4.40. The van der Waals surface area contributed by atoms with Crippen LogP contribution in [0.15, 0.2) is 34.9 Å².